The van der Waals surface area contributed by atoms with Crippen molar-refractivity contribution in [2.75, 3.05) is 32.4 Å². The minimum absolute atomic E-state index is 0.0869. The summed E-state index contributed by atoms with van der Waals surface area (Å²) in [6.07, 6.45) is 3.93. The molecular formula is C13H20N3O3S+. The molecule has 0 saturated carbocycles. The monoisotopic (exact) mass is 298 g/mol. The lowest BCUT2D eigenvalue weighted by atomic mass is 9.86. The molecule has 0 aromatic heterocycles. The SMILES string of the molecule is C[N+]1(CC2(N)C(=O)N3C(C(=O)O)=CCS[C@H]32)CCCC1. The first-order valence-corrected chi connectivity index (χ1v) is 7.93. The Morgan fingerprint density at radius 2 is 2.25 bits per heavy atom. The van der Waals surface area contributed by atoms with Gasteiger partial charge in [0.1, 0.15) is 17.6 Å². The highest BCUT2D eigenvalue weighted by Crippen LogP contribution is 2.44. The molecule has 110 valence electrons. The maximum absolute atomic E-state index is 12.4. The molecule has 2 fully saturated rings. The third-order valence-corrected chi connectivity index (χ3v) is 5.90. The predicted octanol–water partition coefficient (Wildman–Crippen LogP) is -0.192. The fraction of sp³-hybridized carbons (Fsp3) is 0.692. The van der Waals surface area contributed by atoms with Gasteiger partial charge < -0.3 is 15.3 Å². The Balaban J connectivity index is 1.82. The molecule has 0 aromatic carbocycles. The van der Waals surface area contributed by atoms with Crippen molar-refractivity contribution in [3.63, 3.8) is 0 Å². The number of likely N-dealkylation sites (tertiary alicyclic amines) is 1. The molecule has 0 aliphatic carbocycles. The number of hydrogen-bond donors (Lipinski definition) is 2. The van der Waals surface area contributed by atoms with Crippen LogP contribution < -0.4 is 5.73 Å². The summed E-state index contributed by atoms with van der Waals surface area (Å²) in [6.45, 7) is 2.70. The highest BCUT2D eigenvalue weighted by molar-refractivity contribution is 8.00. The zero-order valence-electron chi connectivity index (χ0n) is 11.5. The van der Waals surface area contributed by atoms with E-state index < -0.39 is 11.5 Å². The number of likely N-dealkylation sites (N-methyl/N-ethyl adjacent to an activating group) is 1. The number of amides is 1. The lowest BCUT2D eigenvalue weighted by molar-refractivity contribution is -0.900. The van der Waals surface area contributed by atoms with Gasteiger partial charge in [-0.05, 0) is 6.08 Å². The van der Waals surface area contributed by atoms with Gasteiger partial charge >= 0.3 is 5.97 Å². The Morgan fingerprint density at radius 1 is 1.60 bits per heavy atom. The van der Waals surface area contributed by atoms with Gasteiger partial charge in [-0.2, -0.15) is 0 Å². The highest BCUT2D eigenvalue weighted by atomic mass is 32.2. The molecule has 3 heterocycles. The van der Waals surface area contributed by atoms with E-state index in [1.807, 2.05) is 0 Å². The summed E-state index contributed by atoms with van der Waals surface area (Å²) in [5.74, 6) is -0.694. The molecule has 3 aliphatic heterocycles. The quantitative estimate of drug-likeness (QED) is 0.557. The molecule has 7 heteroatoms. The number of nitrogens with zero attached hydrogens (tertiary/aromatic N) is 2. The number of carboxylic acid groups (broad SMARTS) is 1. The van der Waals surface area contributed by atoms with E-state index in [0.29, 0.717) is 12.3 Å². The first-order chi connectivity index (χ1) is 9.37. The zero-order chi connectivity index (χ0) is 14.5. The smallest absolute Gasteiger partial charge is 0.352 e. The Labute approximate surface area is 122 Å². The van der Waals surface area contributed by atoms with Crippen molar-refractivity contribution in [3.05, 3.63) is 11.8 Å². The van der Waals surface area contributed by atoms with Gasteiger partial charge in [-0.3, -0.25) is 9.69 Å². The van der Waals surface area contributed by atoms with Crippen molar-refractivity contribution >= 4 is 23.6 Å². The van der Waals surface area contributed by atoms with Crippen molar-refractivity contribution in [3.8, 4) is 0 Å². The summed E-state index contributed by atoms with van der Waals surface area (Å²) in [5.41, 5.74) is 5.55. The molecule has 0 radical (unpaired) electrons. The van der Waals surface area contributed by atoms with Crippen molar-refractivity contribution in [1.29, 1.82) is 0 Å². The Bertz CT molecular complexity index is 501. The van der Waals surface area contributed by atoms with E-state index in [0.717, 1.165) is 17.6 Å². The first kappa shape index (κ1) is 13.9. The Morgan fingerprint density at radius 3 is 2.85 bits per heavy atom. The molecular weight excluding hydrogens is 278 g/mol. The number of fused-ring (bicyclic) bond motifs is 1. The largest absolute Gasteiger partial charge is 0.477 e. The maximum atomic E-state index is 12.4. The van der Waals surface area contributed by atoms with E-state index >= 15 is 0 Å². The molecule has 0 spiro atoms. The third kappa shape index (κ3) is 1.88. The van der Waals surface area contributed by atoms with Crippen molar-refractivity contribution in [2.45, 2.75) is 23.8 Å². The van der Waals surface area contributed by atoms with Crippen LogP contribution in [0.1, 0.15) is 12.8 Å². The number of carbonyl (C=O) groups is 2. The summed E-state index contributed by atoms with van der Waals surface area (Å²) in [6, 6.07) is 0. The number of carbonyl (C=O) groups excluding carboxylic acids is 1. The van der Waals surface area contributed by atoms with E-state index in [-0.39, 0.29) is 17.0 Å². The molecule has 0 aromatic rings. The van der Waals surface area contributed by atoms with Gasteiger partial charge in [0.05, 0.1) is 20.1 Å². The zero-order valence-corrected chi connectivity index (χ0v) is 12.4. The number of quaternary nitrogens is 1. The minimum Gasteiger partial charge on any atom is -0.477 e. The second-order valence-corrected chi connectivity index (χ2v) is 7.34. The number of β-lactam (4-membered cyclic amide) rings is 1. The Kier molecular flexibility index (Phi) is 3.11. The van der Waals surface area contributed by atoms with Crippen LogP contribution in [0.4, 0.5) is 0 Å². The normalized spacial score (nSPS) is 35.3. The lowest BCUT2D eigenvalue weighted by Crippen LogP contribution is -2.82. The van der Waals surface area contributed by atoms with E-state index in [9.17, 15) is 9.59 Å². The minimum atomic E-state index is -1.05. The van der Waals surface area contributed by atoms with E-state index in [1.165, 1.54) is 17.7 Å². The number of thioether (sulfide) groups is 1. The highest BCUT2D eigenvalue weighted by Gasteiger charge is 2.64. The molecule has 3 N–H and O–H groups in total. The van der Waals surface area contributed by atoms with Crippen LogP contribution in [0.3, 0.4) is 0 Å². The molecule has 6 nitrogen and oxygen atoms in total. The van der Waals surface area contributed by atoms with Crippen LogP contribution in [-0.4, -0.2) is 69.7 Å². The van der Waals surface area contributed by atoms with Crippen molar-refractivity contribution in [1.82, 2.24) is 4.90 Å². The summed E-state index contributed by atoms with van der Waals surface area (Å²) in [5, 5.41) is 8.93. The number of carboxylic acids is 1. The second-order valence-electron chi connectivity index (χ2n) is 6.23. The van der Waals surface area contributed by atoms with E-state index in [4.69, 9.17) is 10.8 Å². The second kappa shape index (κ2) is 4.47. The molecule has 0 bridgehead atoms. The Hall–Kier alpha value is -1.05. The molecule has 20 heavy (non-hydrogen) atoms. The van der Waals surface area contributed by atoms with Gasteiger partial charge in [-0.1, -0.05) is 0 Å². The summed E-state index contributed by atoms with van der Waals surface area (Å²) in [4.78, 5) is 25.0. The van der Waals surface area contributed by atoms with Crippen molar-refractivity contribution < 1.29 is 19.2 Å². The van der Waals surface area contributed by atoms with Crippen LogP contribution in [0, 0.1) is 0 Å². The van der Waals surface area contributed by atoms with Gasteiger partial charge in [0.15, 0.2) is 5.54 Å². The van der Waals surface area contributed by atoms with Gasteiger partial charge in [0, 0.05) is 18.6 Å². The summed E-state index contributed by atoms with van der Waals surface area (Å²) in [7, 11) is 2.14. The van der Waals surface area contributed by atoms with Gasteiger partial charge in [-0.15, -0.1) is 11.8 Å². The van der Waals surface area contributed by atoms with Gasteiger partial charge in [0.25, 0.3) is 5.91 Å². The fourth-order valence-electron chi connectivity index (χ4n) is 3.60. The van der Waals surface area contributed by atoms with Crippen LogP contribution in [0.2, 0.25) is 0 Å². The average Bonchev–Trinajstić information content (AvgIpc) is 2.83. The molecule has 3 aliphatic rings. The molecule has 2 atom stereocenters. The van der Waals surface area contributed by atoms with Crippen LogP contribution >= 0.6 is 11.8 Å². The molecule has 3 rings (SSSR count). The number of hydrogen-bond acceptors (Lipinski definition) is 4. The topological polar surface area (TPSA) is 83.6 Å². The average molecular weight is 298 g/mol. The number of rotatable bonds is 3. The van der Waals surface area contributed by atoms with Crippen molar-refractivity contribution in [2.24, 2.45) is 5.73 Å². The van der Waals surface area contributed by atoms with Crippen LogP contribution in [-0.2, 0) is 9.59 Å². The molecule has 1 amide bonds. The fourth-order valence-corrected chi connectivity index (χ4v) is 4.87. The lowest BCUT2D eigenvalue weighted by Gasteiger charge is -2.56. The van der Waals surface area contributed by atoms with Crippen LogP contribution in [0.5, 0.6) is 0 Å². The maximum Gasteiger partial charge on any atom is 0.352 e. The standard InChI is InChI=1S/C13H19N3O3S/c1-16(5-2-3-6-16)8-13(14)11(19)15-9(10(17)18)4-7-20-12(13)15/h4,12H,2-3,5-8,14H2,1H3/p+1/t12-,13?/m0/s1. The summed E-state index contributed by atoms with van der Waals surface area (Å²) < 4.78 is 0.819. The van der Waals surface area contributed by atoms with Crippen LogP contribution in [0.25, 0.3) is 0 Å². The van der Waals surface area contributed by atoms with E-state index in [2.05, 4.69) is 7.05 Å². The van der Waals surface area contributed by atoms with Gasteiger partial charge in [-0.25, -0.2) is 4.79 Å². The number of aliphatic carboxylic acids is 1. The van der Waals surface area contributed by atoms with E-state index in [1.54, 1.807) is 17.8 Å². The van der Waals surface area contributed by atoms with Gasteiger partial charge in [0.2, 0.25) is 0 Å². The third-order valence-electron chi connectivity index (χ3n) is 4.59. The number of nitrogens with two attached hydrogens (primary N) is 1. The first-order valence-electron chi connectivity index (χ1n) is 6.89. The summed E-state index contributed by atoms with van der Waals surface area (Å²) >= 11 is 1.56. The predicted molar refractivity (Wildman–Crippen MR) is 75.7 cm³/mol. The molecule has 1 unspecified atom stereocenters. The van der Waals surface area contributed by atoms with Crippen LogP contribution in [0.15, 0.2) is 11.8 Å². The molecule has 2 saturated heterocycles.